The molecule has 10 heteroatoms. The van der Waals surface area contributed by atoms with Gasteiger partial charge in [0.1, 0.15) is 0 Å². The van der Waals surface area contributed by atoms with Crippen LogP contribution in [0.5, 0.6) is 0 Å². The van der Waals surface area contributed by atoms with E-state index < -0.39 is 15.9 Å². The Labute approximate surface area is 116 Å². The molecule has 0 aromatic heterocycles. The van der Waals surface area contributed by atoms with Crippen LogP contribution in [0.1, 0.15) is 0 Å². The van der Waals surface area contributed by atoms with E-state index in [1.165, 1.54) is 0 Å². The van der Waals surface area contributed by atoms with E-state index in [0.717, 1.165) is 5.23 Å². The van der Waals surface area contributed by atoms with Gasteiger partial charge in [0.05, 0.1) is 48.8 Å². The van der Waals surface area contributed by atoms with E-state index >= 15 is 0 Å². The third kappa shape index (κ3) is 12.8. The maximum atomic E-state index is 10.3. The van der Waals surface area contributed by atoms with Crippen LogP contribution in [0.25, 0.3) is 0 Å². The zero-order valence-corrected chi connectivity index (χ0v) is 11.9. The minimum Gasteiger partial charge on any atom is -0.748 e. The maximum absolute atomic E-state index is 10.3. The van der Waals surface area contributed by atoms with Crippen molar-refractivity contribution in [1.82, 2.24) is 5.23 Å². The predicted molar refractivity (Wildman–Crippen MR) is 47.3 cm³/mol. The summed E-state index contributed by atoms with van der Waals surface area (Å²) in [6, 6.07) is 0. The first kappa shape index (κ1) is 19.1. The summed E-state index contributed by atoms with van der Waals surface area (Å²) in [7, 11) is -4.35. The Kier molecular flexibility index (Phi) is 12.9. The van der Waals surface area contributed by atoms with E-state index in [2.05, 4.69) is 0 Å². The molecule has 8 nitrogen and oxygen atoms in total. The van der Waals surface area contributed by atoms with Gasteiger partial charge < -0.3 is 14.8 Å². The normalized spacial score (nSPS) is 11.5. The summed E-state index contributed by atoms with van der Waals surface area (Å²) in [6.07, 6.45) is 0. The molecule has 0 aromatic carbocycles. The van der Waals surface area contributed by atoms with Crippen molar-refractivity contribution in [3.63, 3.8) is 0 Å². The van der Waals surface area contributed by atoms with Crippen LogP contribution in [0.3, 0.4) is 0 Å². The molecule has 0 atom stereocenters. The minimum absolute atomic E-state index is 0. The van der Waals surface area contributed by atoms with E-state index in [1.54, 1.807) is 0 Å². The molecule has 0 amide bonds. The maximum Gasteiger partial charge on any atom is 1.00 e. The standard InChI is InChI=1S/C6H15NO7S.Na/c8-2-4-13-7(14-5-3-9)1-6-15(10,11)12;/h8-9H,1-6H2,(H,10,11,12);/q;+1/p-1. The Balaban J connectivity index is 0. The number of aliphatic hydroxyl groups is 2. The smallest absolute Gasteiger partial charge is 0.748 e. The van der Waals surface area contributed by atoms with Gasteiger partial charge in [-0.15, -0.1) is 0 Å². The number of aliphatic hydroxyl groups excluding tert-OH is 2. The van der Waals surface area contributed by atoms with Crippen LogP contribution >= 0.6 is 0 Å². The molecule has 0 aliphatic heterocycles. The van der Waals surface area contributed by atoms with Gasteiger partial charge in [-0.25, -0.2) is 8.42 Å². The van der Waals surface area contributed by atoms with Gasteiger partial charge in [-0.2, -0.15) is 0 Å². The topological polar surface area (TPSA) is 119 Å². The minimum atomic E-state index is -4.35. The first-order chi connectivity index (χ1) is 6.99. The largest absolute Gasteiger partial charge is 1.00 e. The van der Waals surface area contributed by atoms with Gasteiger partial charge in [-0.1, -0.05) is 5.23 Å². The second-order valence-corrected chi connectivity index (χ2v) is 3.96. The third-order valence-electron chi connectivity index (χ3n) is 1.18. The van der Waals surface area contributed by atoms with E-state index in [9.17, 15) is 13.0 Å². The Bertz CT molecular complexity index is 239. The molecule has 0 unspecified atom stereocenters. The van der Waals surface area contributed by atoms with Crippen LogP contribution < -0.4 is 29.6 Å². The molecule has 0 heterocycles. The van der Waals surface area contributed by atoms with Gasteiger partial charge >= 0.3 is 29.6 Å². The summed E-state index contributed by atoms with van der Waals surface area (Å²) in [6.45, 7) is -1.02. The van der Waals surface area contributed by atoms with Crippen molar-refractivity contribution in [2.45, 2.75) is 0 Å². The van der Waals surface area contributed by atoms with Crippen molar-refractivity contribution in [3.8, 4) is 0 Å². The molecular formula is C6H14NNaO7S. The summed E-state index contributed by atoms with van der Waals surface area (Å²) in [5, 5.41) is 17.6. The summed E-state index contributed by atoms with van der Waals surface area (Å²) in [5.41, 5.74) is 0. The molecule has 0 saturated carbocycles. The second kappa shape index (κ2) is 10.8. The van der Waals surface area contributed by atoms with Gasteiger partial charge in [0.25, 0.3) is 0 Å². The molecule has 0 radical (unpaired) electrons. The number of hydrogen-bond donors (Lipinski definition) is 2. The first-order valence-electron chi connectivity index (χ1n) is 4.18. The Hall–Kier alpha value is 0.710. The molecule has 2 N–H and O–H groups in total. The zero-order valence-electron chi connectivity index (χ0n) is 9.03. The van der Waals surface area contributed by atoms with Gasteiger partial charge in [-0.05, 0) is 0 Å². The fourth-order valence-electron chi connectivity index (χ4n) is 0.638. The van der Waals surface area contributed by atoms with Crippen LogP contribution in [0.4, 0.5) is 0 Å². The third-order valence-corrected chi connectivity index (χ3v) is 1.86. The summed E-state index contributed by atoms with van der Waals surface area (Å²) >= 11 is 0. The Morgan fingerprint density at radius 2 is 1.56 bits per heavy atom. The fraction of sp³-hybridized carbons (Fsp3) is 1.00. The van der Waals surface area contributed by atoms with Crippen molar-refractivity contribution in [2.75, 3.05) is 38.7 Å². The molecule has 92 valence electrons. The van der Waals surface area contributed by atoms with Crippen molar-refractivity contribution in [1.29, 1.82) is 0 Å². The summed E-state index contributed by atoms with van der Waals surface area (Å²) in [5.74, 6) is -0.677. The molecule has 0 saturated heterocycles. The van der Waals surface area contributed by atoms with Gasteiger partial charge in [0.15, 0.2) is 0 Å². The van der Waals surface area contributed by atoms with E-state index in [-0.39, 0.29) is 62.5 Å². The SMILES string of the molecule is O=S(=O)([O-])CCN(OCCO)OCCO.[Na+]. The predicted octanol–water partition coefficient (Wildman–Crippen LogP) is -5.31. The summed E-state index contributed by atoms with van der Waals surface area (Å²) < 4.78 is 30.9. The van der Waals surface area contributed by atoms with Crippen LogP contribution in [-0.2, 0) is 19.8 Å². The quantitative estimate of drug-likeness (QED) is 0.241. The first-order valence-corrected chi connectivity index (χ1v) is 5.76. The van der Waals surface area contributed by atoms with Crippen molar-refractivity contribution in [2.24, 2.45) is 0 Å². The molecule has 0 aliphatic rings. The van der Waals surface area contributed by atoms with Crippen LogP contribution in [0, 0.1) is 0 Å². The number of rotatable bonds is 9. The molecule has 0 fully saturated rings. The molecule has 0 aliphatic carbocycles. The van der Waals surface area contributed by atoms with Gasteiger partial charge in [0.2, 0.25) is 0 Å². The average molecular weight is 267 g/mol. The Morgan fingerprint density at radius 1 is 1.12 bits per heavy atom. The molecular weight excluding hydrogens is 253 g/mol. The molecule has 0 spiro atoms. The second-order valence-electron chi connectivity index (χ2n) is 2.43. The van der Waals surface area contributed by atoms with Crippen LogP contribution in [-0.4, -0.2) is 67.1 Å². The average Bonchev–Trinajstić information content (AvgIpc) is 2.15. The van der Waals surface area contributed by atoms with Gasteiger partial charge in [0, 0.05) is 0 Å². The van der Waals surface area contributed by atoms with E-state index in [0.29, 0.717) is 0 Å². The monoisotopic (exact) mass is 267 g/mol. The van der Waals surface area contributed by atoms with Crippen LogP contribution in [0.15, 0.2) is 0 Å². The van der Waals surface area contributed by atoms with Crippen molar-refractivity contribution < 1.29 is 62.4 Å². The molecule has 16 heavy (non-hydrogen) atoms. The Morgan fingerprint density at radius 3 is 1.88 bits per heavy atom. The number of hydroxylamine groups is 2. The van der Waals surface area contributed by atoms with Crippen LogP contribution in [0.2, 0.25) is 0 Å². The number of hydrogen-bond acceptors (Lipinski definition) is 8. The number of nitrogens with zero attached hydrogens (tertiary/aromatic N) is 1. The van der Waals surface area contributed by atoms with E-state index in [4.69, 9.17) is 19.9 Å². The molecule has 0 aromatic rings. The molecule has 0 rings (SSSR count). The fourth-order valence-corrected chi connectivity index (χ4v) is 1.01. The van der Waals surface area contributed by atoms with Crippen molar-refractivity contribution in [3.05, 3.63) is 0 Å². The van der Waals surface area contributed by atoms with Gasteiger partial charge in [-0.3, -0.25) is 9.68 Å². The van der Waals surface area contributed by atoms with Crippen molar-refractivity contribution >= 4 is 10.1 Å². The zero-order chi connectivity index (χ0) is 11.7. The molecule has 0 bridgehead atoms. The van der Waals surface area contributed by atoms with E-state index in [1.807, 2.05) is 0 Å². The summed E-state index contributed by atoms with van der Waals surface area (Å²) in [4.78, 5) is 9.47.